The molecule has 2 amide bonds. The van der Waals surface area contributed by atoms with Crippen LogP contribution in [-0.4, -0.2) is 36.0 Å². The Labute approximate surface area is 174 Å². The van der Waals surface area contributed by atoms with Gasteiger partial charge in [0.2, 0.25) is 0 Å². The summed E-state index contributed by atoms with van der Waals surface area (Å²) < 4.78 is 26.9. The van der Waals surface area contributed by atoms with Crippen LogP contribution in [0.4, 0.5) is 14.5 Å². The number of halogens is 2. The highest BCUT2D eigenvalue weighted by Gasteiger charge is 2.37. The Morgan fingerprint density at radius 1 is 1.13 bits per heavy atom. The van der Waals surface area contributed by atoms with Crippen molar-refractivity contribution in [3.05, 3.63) is 64.7 Å². The molecule has 0 aliphatic carbocycles. The van der Waals surface area contributed by atoms with Crippen LogP contribution in [0.3, 0.4) is 0 Å². The van der Waals surface area contributed by atoms with Crippen molar-refractivity contribution >= 4 is 17.5 Å². The lowest BCUT2D eigenvalue weighted by atomic mass is 10.0. The summed E-state index contributed by atoms with van der Waals surface area (Å²) >= 11 is 0. The molecule has 1 saturated heterocycles. The summed E-state index contributed by atoms with van der Waals surface area (Å²) in [6.45, 7) is 3.49. The third kappa shape index (κ3) is 3.76. The number of hydrogen-bond acceptors (Lipinski definition) is 3. The maximum Gasteiger partial charge on any atom is 0.257 e. The molecule has 0 radical (unpaired) electrons. The third-order valence-corrected chi connectivity index (χ3v) is 5.94. The average molecular weight is 413 g/mol. The zero-order valence-electron chi connectivity index (χ0n) is 17.0. The molecule has 0 bridgehead atoms. The van der Waals surface area contributed by atoms with Gasteiger partial charge in [0.05, 0.1) is 11.3 Å². The van der Waals surface area contributed by atoms with Crippen LogP contribution in [0.1, 0.15) is 58.9 Å². The monoisotopic (exact) mass is 413 g/mol. The lowest BCUT2D eigenvalue weighted by molar-refractivity contribution is 0.0656. The highest BCUT2D eigenvalue weighted by Crippen LogP contribution is 2.35. The zero-order chi connectivity index (χ0) is 21.3. The molecular weight excluding hydrogens is 388 g/mol. The van der Waals surface area contributed by atoms with E-state index in [1.165, 1.54) is 6.07 Å². The predicted octanol–water partition coefficient (Wildman–Crippen LogP) is 4.08. The number of rotatable bonds is 4. The largest absolute Gasteiger partial charge is 0.351 e. The van der Waals surface area contributed by atoms with E-state index in [2.05, 4.69) is 10.2 Å². The van der Waals surface area contributed by atoms with Gasteiger partial charge in [-0.05, 0) is 50.5 Å². The molecule has 1 N–H and O–H groups in total. The van der Waals surface area contributed by atoms with Crippen LogP contribution in [-0.2, 0) is 6.54 Å². The van der Waals surface area contributed by atoms with Crippen molar-refractivity contribution in [1.82, 2.24) is 10.2 Å². The topological polar surface area (TPSA) is 52.7 Å². The van der Waals surface area contributed by atoms with E-state index in [4.69, 9.17) is 0 Å². The fourth-order valence-corrected chi connectivity index (χ4v) is 4.38. The SMILES string of the molecule is CCN1c2cc(C(=O)NCc3ccc(F)cc3F)ccc2C(=O)N2CCCCCC21. The maximum absolute atomic E-state index is 13.8. The van der Waals surface area contributed by atoms with Gasteiger partial charge in [-0.2, -0.15) is 0 Å². The number of hydrogen-bond donors (Lipinski definition) is 1. The second kappa shape index (κ2) is 8.42. The second-order valence-corrected chi connectivity index (χ2v) is 7.76. The first kappa shape index (κ1) is 20.3. The smallest absolute Gasteiger partial charge is 0.257 e. The van der Waals surface area contributed by atoms with E-state index >= 15 is 0 Å². The molecular formula is C23H25F2N3O2. The molecule has 30 heavy (non-hydrogen) atoms. The highest BCUT2D eigenvalue weighted by molar-refractivity contribution is 6.04. The Morgan fingerprint density at radius 3 is 2.73 bits per heavy atom. The minimum atomic E-state index is -0.697. The number of benzene rings is 2. The van der Waals surface area contributed by atoms with Gasteiger partial charge in [-0.25, -0.2) is 8.78 Å². The Balaban J connectivity index is 1.57. The Kier molecular flexibility index (Phi) is 5.70. The summed E-state index contributed by atoms with van der Waals surface area (Å²) in [5.74, 6) is -1.71. The van der Waals surface area contributed by atoms with Gasteiger partial charge >= 0.3 is 0 Å². The fourth-order valence-electron chi connectivity index (χ4n) is 4.38. The highest BCUT2D eigenvalue weighted by atomic mass is 19.1. The minimum Gasteiger partial charge on any atom is -0.351 e. The first-order chi connectivity index (χ1) is 14.5. The zero-order valence-corrected chi connectivity index (χ0v) is 17.0. The number of amides is 2. The lowest BCUT2D eigenvalue weighted by Gasteiger charge is -2.44. The summed E-state index contributed by atoms with van der Waals surface area (Å²) in [5, 5.41) is 2.68. The molecule has 1 atom stereocenters. The van der Waals surface area contributed by atoms with Gasteiger partial charge in [-0.15, -0.1) is 0 Å². The molecule has 2 aliphatic heterocycles. The number of anilines is 1. The molecule has 1 fully saturated rings. The van der Waals surface area contributed by atoms with Crippen LogP contribution in [0.15, 0.2) is 36.4 Å². The molecule has 1 unspecified atom stereocenters. The van der Waals surface area contributed by atoms with Crippen molar-refractivity contribution in [3.8, 4) is 0 Å². The van der Waals surface area contributed by atoms with Gasteiger partial charge in [-0.1, -0.05) is 12.5 Å². The molecule has 158 valence electrons. The molecule has 0 aromatic heterocycles. The van der Waals surface area contributed by atoms with E-state index in [0.29, 0.717) is 11.1 Å². The van der Waals surface area contributed by atoms with Crippen molar-refractivity contribution in [2.24, 2.45) is 0 Å². The lowest BCUT2D eigenvalue weighted by Crippen LogP contribution is -2.55. The molecule has 4 rings (SSSR count). The normalized spacial score (nSPS) is 18.5. The van der Waals surface area contributed by atoms with Crippen LogP contribution < -0.4 is 10.2 Å². The standard InChI is InChI=1S/C23H25F2N3O2/c1-2-27-20-12-15(22(29)26-14-16-7-9-17(24)13-19(16)25)8-10-18(20)23(30)28-11-5-3-4-6-21(27)28/h7-10,12-13,21H,2-6,11,14H2,1H3,(H,26,29). The fraction of sp³-hybridized carbons (Fsp3) is 0.391. The Morgan fingerprint density at radius 2 is 1.97 bits per heavy atom. The van der Waals surface area contributed by atoms with E-state index in [-0.39, 0.29) is 30.1 Å². The summed E-state index contributed by atoms with van der Waals surface area (Å²) in [7, 11) is 0. The first-order valence-corrected chi connectivity index (χ1v) is 10.4. The van der Waals surface area contributed by atoms with Crippen molar-refractivity contribution < 1.29 is 18.4 Å². The molecule has 0 spiro atoms. The molecule has 2 aromatic rings. The van der Waals surface area contributed by atoms with Crippen LogP contribution in [0.25, 0.3) is 0 Å². The molecule has 2 heterocycles. The van der Waals surface area contributed by atoms with Gasteiger partial charge in [-0.3, -0.25) is 9.59 Å². The molecule has 2 aliphatic rings. The number of carbonyl (C=O) groups is 2. The average Bonchev–Trinajstić information content (AvgIpc) is 2.99. The van der Waals surface area contributed by atoms with E-state index in [1.807, 2.05) is 11.8 Å². The van der Waals surface area contributed by atoms with Crippen molar-refractivity contribution in [1.29, 1.82) is 0 Å². The van der Waals surface area contributed by atoms with Crippen molar-refractivity contribution in [2.75, 3.05) is 18.0 Å². The van der Waals surface area contributed by atoms with E-state index < -0.39 is 11.6 Å². The molecule has 0 saturated carbocycles. The Hall–Kier alpha value is -2.96. The Bertz CT molecular complexity index is 979. The maximum atomic E-state index is 13.8. The molecule has 5 nitrogen and oxygen atoms in total. The van der Waals surface area contributed by atoms with Crippen LogP contribution in [0, 0.1) is 11.6 Å². The predicted molar refractivity (Wildman–Crippen MR) is 110 cm³/mol. The molecule has 7 heteroatoms. The number of nitrogens with zero attached hydrogens (tertiary/aromatic N) is 2. The summed E-state index contributed by atoms with van der Waals surface area (Å²) in [4.78, 5) is 29.9. The summed E-state index contributed by atoms with van der Waals surface area (Å²) in [5.41, 5.74) is 1.99. The summed E-state index contributed by atoms with van der Waals surface area (Å²) in [6, 6.07) is 8.34. The third-order valence-electron chi connectivity index (χ3n) is 5.94. The minimum absolute atomic E-state index is 0.0157. The van der Waals surface area contributed by atoms with E-state index in [1.54, 1.807) is 18.2 Å². The van der Waals surface area contributed by atoms with E-state index in [9.17, 15) is 18.4 Å². The van der Waals surface area contributed by atoms with Gasteiger partial charge in [0.25, 0.3) is 11.8 Å². The summed E-state index contributed by atoms with van der Waals surface area (Å²) in [6.07, 6.45) is 4.13. The van der Waals surface area contributed by atoms with Crippen LogP contribution in [0.2, 0.25) is 0 Å². The second-order valence-electron chi connectivity index (χ2n) is 7.76. The first-order valence-electron chi connectivity index (χ1n) is 10.4. The van der Waals surface area contributed by atoms with Gasteiger partial charge < -0.3 is 15.1 Å². The molecule has 2 aromatic carbocycles. The van der Waals surface area contributed by atoms with Crippen molar-refractivity contribution in [3.63, 3.8) is 0 Å². The van der Waals surface area contributed by atoms with Gasteiger partial charge in [0, 0.05) is 36.8 Å². The number of nitrogens with one attached hydrogen (secondary N) is 1. The quantitative estimate of drug-likeness (QED) is 0.822. The van der Waals surface area contributed by atoms with E-state index in [0.717, 1.165) is 56.6 Å². The van der Waals surface area contributed by atoms with Crippen molar-refractivity contribution in [2.45, 2.75) is 45.3 Å². The number of fused-ring (bicyclic) bond motifs is 2. The van der Waals surface area contributed by atoms with Gasteiger partial charge in [0.15, 0.2) is 0 Å². The van der Waals surface area contributed by atoms with Crippen LogP contribution in [0.5, 0.6) is 0 Å². The van der Waals surface area contributed by atoms with Crippen LogP contribution >= 0.6 is 0 Å². The van der Waals surface area contributed by atoms with Gasteiger partial charge in [0.1, 0.15) is 17.8 Å². The number of carbonyl (C=O) groups excluding carboxylic acids is 2.